The van der Waals surface area contributed by atoms with Gasteiger partial charge in [-0.2, -0.15) is 0 Å². The van der Waals surface area contributed by atoms with Crippen molar-refractivity contribution in [1.82, 2.24) is 9.38 Å². The van der Waals surface area contributed by atoms with E-state index in [1.807, 2.05) is 12.1 Å². The summed E-state index contributed by atoms with van der Waals surface area (Å²) in [7, 11) is 0. The lowest BCUT2D eigenvalue weighted by atomic mass is 9.94. The molecule has 3 nitrogen and oxygen atoms in total. The lowest BCUT2D eigenvalue weighted by Crippen LogP contribution is -1.89. The number of nitrogens with zero attached hydrogens (tertiary/aromatic N) is 2. The number of imidazole rings is 1. The quantitative estimate of drug-likeness (QED) is 0.181. The summed E-state index contributed by atoms with van der Waals surface area (Å²) in [5, 5.41) is 9.59. The lowest BCUT2D eigenvalue weighted by Gasteiger charge is -2.11. The molecule has 0 radical (unpaired) electrons. The first-order valence-electron chi connectivity index (χ1n) is 17.0. The van der Waals surface area contributed by atoms with Crippen LogP contribution in [0.25, 0.3) is 104 Å². The average Bonchev–Trinajstić information content (AvgIpc) is 3.76. The Morgan fingerprint density at radius 1 is 0.400 bits per heavy atom. The van der Waals surface area contributed by atoms with Crippen molar-refractivity contribution in [3.8, 4) is 33.4 Å². The molecule has 0 amide bonds. The predicted octanol–water partition coefficient (Wildman–Crippen LogP) is 12.8. The second-order valence-corrected chi connectivity index (χ2v) is 13.2. The minimum absolute atomic E-state index is 0.903. The summed E-state index contributed by atoms with van der Waals surface area (Å²) in [5.74, 6) is 0. The van der Waals surface area contributed by atoms with Crippen molar-refractivity contribution in [3.63, 3.8) is 0 Å². The number of aromatic nitrogens is 2. The first-order valence-corrected chi connectivity index (χ1v) is 17.0. The number of pyridine rings is 1. The zero-order valence-corrected chi connectivity index (χ0v) is 27.0. The van der Waals surface area contributed by atoms with Crippen molar-refractivity contribution in [2.75, 3.05) is 0 Å². The molecular weight excluding hydrogens is 609 g/mol. The Hall–Kier alpha value is -6.71. The number of hydrogen-bond donors (Lipinski definition) is 0. The first kappa shape index (κ1) is 27.3. The molecule has 0 aliphatic heterocycles. The zero-order chi connectivity index (χ0) is 32.8. The molecule has 50 heavy (non-hydrogen) atoms. The van der Waals surface area contributed by atoms with Crippen LogP contribution in [0.2, 0.25) is 0 Å². The van der Waals surface area contributed by atoms with Gasteiger partial charge in [0.15, 0.2) is 0 Å². The Morgan fingerprint density at radius 2 is 1.04 bits per heavy atom. The van der Waals surface area contributed by atoms with Gasteiger partial charge in [0.1, 0.15) is 16.8 Å². The molecule has 0 saturated heterocycles. The molecule has 0 bridgehead atoms. The van der Waals surface area contributed by atoms with Gasteiger partial charge >= 0.3 is 0 Å². The zero-order valence-electron chi connectivity index (χ0n) is 27.0. The van der Waals surface area contributed by atoms with Gasteiger partial charge < -0.3 is 4.42 Å². The van der Waals surface area contributed by atoms with Crippen LogP contribution in [0.3, 0.4) is 0 Å². The normalized spacial score (nSPS) is 12.0. The Labute approximate surface area is 287 Å². The van der Waals surface area contributed by atoms with E-state index in [2.05, 4.69) is 162 Å². The molecule has 0 fully saturated rings. The number of hydrogen-bond acceptors (Lipinski definition) is 2. The van der Waals surface area contributed by atoms with E-state index in [1.165, 1.54) is 49.2 Å². The highest BCUT2D eigenvalue weighted by Gasteiger charge is 2.16. The Morgan fingerprint density at radius 3 is 1.94 bits per heavy atom. The predicted molar refractivity (Wildman–Crippen MR) is 209 cm³/mol. The molecule has 0 N–H and O–H groups in total. The maximum atomic E-state index is 6.09. The fraction of sp³-hybridized carbons (Fsp3) is 0. The molecule has 11 rings (SSSR count). The highest BCUT2D eigenvalue weighted by molar-refractivity contribution is 6.24. The van der Waals surface area contributed by atoms with Crippen LogP contribution >= 0.6 is 0 Å². The van der Waals surface area contributed by atoms with Crippen LogP contribution in [0.1, 0.15) is 0 Å². The molecule has 232 valence electrons. The van der Waals surface area contributed by atoms with Crippen LogP contribution < -0.4 is 0 Å². The monoisotopic (exact) mass is 636 g/mol. The SMILES string of the molecule is c1ccc2c(-c3ccc(-c4ccc5c(c4)c4ccccc4c4nc6cc(-c7ccc8oc9ccccc9c8c7)ccn6c54)cc3)cccc2c1. The van der Waals surface area contributed by atoms with E-state index < -0.39 is 0 Å². The molecule has 0 atom stereocenters. The second kappa shape index (κ2) is 10.4. The highest BCUT2D eigenvalue weighted by atomic mass is 16.3. The fourth-order valence-electron chi connectivity index (χ4n) is 7.97. The lowest BCUT2D eigenvalue weighted by molar-refractivity contribution is 0.669. The van der Waals surface area contributed by atoms with E-state index in [-0.39, 0.29) is 0 Å². The largest absolute Gasteiger partial charge is 0.456 e. The Bertz CT molecular complexity index is 3140. The van der Waals surface area contributed by atoms with Crippen molar-refractivity contribution in [2.24, 2.45) is 0 Å². The van der Waals surface area contributed by atoms with E-state index in [9.17, 15) is 0 Å². The molecule has 3 heterocycles. The highest BCUT2D eigenvalue weighted by Crippen LogP contribution is 2.39. The van der Waals surface area contributed by atoms with E-state index in [4.69, 9.17) is 9.40 Å². The molecule has 3 aromatic heterocycles. The molecular formula is C47H28N2O. The van der Waals surface area contributed by atoms with Gasteiger partial charge in [-0.05, 0) is 91.3 Å². The van der Waals surface area contributed by atoms with Crippen LogP contribution in [0.4, 0.5) is 0 Å². The van der Waals surface area contributed by atoms with Gasteiger partial charge in [0.2, 0.25) is 0 Å². The second-order valence-electron chi connectivity index (χ2n) is 13.2. The molecule has 0 unspecified atom stereocenters. The average molecular weight is 637 g/mol. The number of furan rings is 1. The number of rotatable bonds is 3. The van der Waals surface area contributed by atoms with Crippen LogP contribution in [0.15, 0.2) is 174 Å². The summed E-state index contributed by atoms with van der Waals surface area (Å²) in [6, 6.07) is 58.7. The van der Waals surface area contributed by atoms with Gasteiger partial charge in [0, 0.05) is 27.7 Å². The van der Waals surface area contributed by atoms with Crippen LogP contribution in [0, 0.1) is 0 Å². The third kappa shape index (κ3) is 4.01. The molecule has 0 saturated carbocycles. The van der Waals surface area contributed by atoms with Gasteiger partial charge in [0.05, 0.1) is 11.0 Å². The topological polar surface area (TPSA) is 30.4 Å². The molecule has 0 aliphatic carbocycles. The van der Waals surface area contributed by atoms with Gasteiger partial charge in [-0.3, -0.25) is 4.40 Å². The summed E-state index contributed by atoms with van der Waals surface area (Å²) < 4.78 is 8.34. The summed E-state index contributed by atoms with van der Waals surface area (Å²) >= 11 is 0. The first-order chi connectivity index (χ1) is 24.8. The molecule has 3 heteroatoms. The maximum Gasteiger partial charge on any atom is 0.138 e. The minimum atomic E-state index is 0.903. The summed E-state index contributed by atoms with van der Waals surface area (Å²) in [5.41, 5.74) is 12.1. The summed E-state index contributed by atoms with van der Waals surface area (Å²) in [6.45, 7) is 0. The van der Waals surface area contributed by atoms with Gasteiger partial charge in [0.25, 0.3) is 0 Å². The fourth-order valence-corrected chi connectivity index (χ4v) is 7.97. The third-order valence-electron chi connectivity index (χ3n) is 10.4. The Kier molecular flexibility index (Phi) is 5.67. The van der Waals surface area contributed by atoms with Crippen molar-refractivity contribution < 1.29 is 4.42 Å². The van der Waals surface area contributed by atoms with Crippen LogP contribution in [-0.4, -0.2) is 9.38 Å². The van der Waals surface area contributed by atoms with E-state index in [0.29, 0.717) is 0 Å². The van der Waals surface area contributed by atoms with Crippen molar-refractivity contribution in [1.29, 1.82) is 0 Å². The summed E-state index contributed by atoms with van der Waals surface area (Å²) in [4.78, 5) is 5.27. The van der Waals surface area contributed by atoms with Crippen molar-refractivity contribution in [3.05, 3.63) is 170 Å². The Balaban J connectivity index is 1.05. The van der Waals surface area contributed by atoms with Gasteiger partial charge in [-0.25, -0.2) is 4.98 Å². The van der Waals surface area contributed by atoms with Crippen molar-refractivity contribution in [2.45, 2.75) is 0 Å². The third-order valence-corrected chi connectivity index (χ3v) is 10.4. The maximum absolute atomic E-state index is 6.09. The van der Waals surface area contributed by atoms with Gasteiger partial charge in [-0.15, -0.1) is 0 Å². The number of benzene rings is 8. The molecule has 8 aromatic carbocycles. The molecule has 0 spiro atoms. The van der Waals surface area contributed by atoms with Crippen LogP contribution in [-0.2, 0) is 0 Å². The standard InChI is InChI=1S/C47H28N2O/c1-2-10-35-30(8-1)9-7-14-36(35)31-18-16-29(17-19-31)32-20-22-40-41(26-32)37-11-3-4-13-39(37)46-47(40)49-25-24-34(28-45(49)48-46)33-21-23-44-42(27-33)38-12-5-6-15-43(38)50-44/h1-28H. The number of fused-ring (bicyclic) bond motifs is 12. The van der Waals surface area contributed by atoms with Crippen LogP contribution in [0.5, 0.6) is 0 Å². The number of para-hydroxylation sites is 1. The van der Waals surface area contributed by atoms with E-state index >= 15 is 0 Å². The summed E-state index contributed by atoms with van der Waals surface area (Å²) in [6.07, 6.45) is 2.17. The minimum Gasteiger partial charge on any atom is -0.456 e. The smallest absolute Gasteiger partial charge is 0.138 e. The molecule has 11 aromatic rings. The van der Waals surface area contributed by atoms with Gasteiger partial charge in [-0.1, -0.05) is 127 Å². The van der Waals surface area contributed by atoms with E-state index in [0.717, 1.165) is 55.1 Å². The van der Waals surface area contributed by atoms with Crippen molar-refractivity contribution >= 4 is 70.9 Å². The van der Waals surface area contributed by atoms with E-state index in [1.54, 1.807) is 0 Å². The molecule has 0 aliphatic rings.